The summed E-state index contributed by atoms with van der Waals surface area (Å²) in [4.78, 5) is 42.4. The Balaban J connectivity index is 2.89. The Morgan fingerprint density at radius 2 is 1.79 bits per heavy atom. The van der Waals surface area contributed by atoms with Gasteiger partial charge in [-0.15, -0.1) is 0 Å². The number of aliphatic carboxylic acids is 2. The number of cyclic esters (lactones) is 2. The van der Waals surface area contributed by atoms with Gasteiger partial charge in [-0.25, -0.2) is 0 Å². The smallest absolute Gasteiger partial charge is 0.328 e. The van der Waals surface area contributed by atoms with E-state index in [9.17, 15) is 19.2 Å². The maximum Gasteiger partial charge on any atom is 0.328 e. The molecule has 0 amide bonds. The van der Waals surface area contributed by atoms with E-state index in [1.807, 2.05) is 0 Å². The molecule has 2 unspecified atom stereocenters. The second-order valence-electron chi connectivity index (χ2n) is 2.76. The standard InChI is InChI=1S/C7H6O7/c8-3(9)1-2-4(5(10)11)7(13)14-6(2)12/h2,4H,1H2,(H,8,9)(H,10,11). The summed E-state index contributed by atoms with van der Waals surface area (Å²) in [5.41, 5.74) is 0. The molecule has 14 heavy (non-hydrogen) atoms. The number of ether oxygens (including phenoxy) is 1. The topological polar surface area (TPSA) is 118 Å². The molecule has 1 fully saturated rings. The van der Waals surface area contributed by atoms with Gasteiger partial charge in [0.2, 0.25) is 0 Å². The lowest BCUT2D eigenvalue weighted by Gasteiger charge is -2.05. The Morgan fingerprint density at radius 3 is 2.21 bits per heavy atom. The van der Waals surface area contributed by atoms with Gasteiger partial charge in [0.05, 0.1) is 12.3 Å². The Bertz CT molecular complexity index is 318. The first-order chi connectivity index (χ1) is 6.43. The largest absolute Gasteiger partial charge is 0.481 e. The molecular weight excluding hydrogens is 196 g/mol. The molecule has 0 spiro atoms. The zero-order valence-corrected chi connectivity index (χ0v) is 6.80. The summed E-state index contributed by atoms with van der Waals surface area (Å²) >= 11 is 0. The Labute approximate surface area is 77.3 Å². The van der Waals surface area contributed by atoms with Crippen molar-refractivity contribution >= 4 is 23.9 Å². The minimum atomic E-state index is -1.70. The van der Waals surface area contributed by atoms with Crippen molar-refractivity contribution in [3.05, 3.63) is 0 Å². The predicted molar refractivity (Wildman–Crippen MR) is 38.0 cm³/mol. The number of rotatable bonds is 3. The fourth-order valence-electron chi connectivity index (χ4n) is 1.20. The molecule has 0 radical (unpaired) electrons. The number of carbonyl (C=O) groups excluding carboxylic acids is 2. The van der Waals surface area contributed by atoms with Gasteiger partial charge in [0, 0.05) is 0 Å². The fourth-order valence-corrected chi connectivity index (χ4v) is 1.20. The molecular formula is C7H6O7. The molecule has 1 heterocycles. The van der Waals surface area contributed by atoms with Crippen LogP contribution < -0.4 is 0 Å². The van der Waals surface area contributed by atoms with Gasteiger partial charge >= 0.3 is 23.9 Å². The van der Waals surface area contributed by atoms with Gasteiger partial charge in [-0.05, 0) is 0 Å². The van der Waals surface area contributed by atoms with Crippen molar-refractivity contribution in [2.45, 2.75) is 6.42 Å². The molecule has 0 bridgehead atoms. The van der Waals surface area contributed by atoms with E-state index in [2.05, 4.69) is 4.74 Å². The van der Waals surface area contributed by atoms with Crippen LogP contribution in [0.2, 0.25) is 0 Å². The van der Waals surface area contributed by atoms with E-state index < -0.39 is 42.1 Å². The van der Waals surface area contributed by atoms with Crippen molar-refractivity contribution in [2.75, 3.05) is 0 Å². The van der Waals surface area contributed by atoms with Gasteiger partial charge in [-0.1, -0.05) is 0 Å². The first-order valence-electron chi connectivity index (χ1n) is 3.63. The van der Waals surface area contributed by atoms with Crippen molar-refractivity contribution in [3.63, 3.8) is 0 Å². The molecule has 1 aliphatic rings. The van der Waals surface area contributed by atoms with Gasteiger partial charge in [-0.3, -0.25) is 19.2 Å². The summed E-state index contributed by atoms with van der Waals surface area (Å²) in [5, 5.41) is 16.9. The monoisotopic (exact) mass is 202 g/mol. The van der Waals surface area contributed by atoms with Crippen LogP contribution in [0.4, 0.5) is 0 Å². The number of esters is 2. The van der Waals surface area contributed by atoms with E-state index in [0.29, 0.717) is 0 Å². The molecule has 0 aromatic rings. The van der Waals surface area contributed by atoms with Crippen LogP contribution in [0, 0.1) is 11.8 Å². The number of hydrogen-bond acceptors (Lipinski definition) is 5. The maximum atomic E-state index is 10.9. The second kappa shape index (κ2) is 3.44. The zero-order valence-electron chi connectivity index (χ0n) is 6.80. The lowest BCUT2D eigenvalue weighted by atomic mass is 9.92. The third-order valence-electron chi connectivity index (χ3n) is 1.82. The summed E-state index contributed by atoms with van der Waals surface area (Å²) < 4.78 is 4.03. The molecule has 0 aromatic carbocycles. The normalized spacial score (nSPS) is 26.0. The van der Waals surface area contributed by atoms with Crippen molar-refractivity contribution in [3.8, 4) is 0 Å². The maximum absolute atomic E-state index is 10.9. The summed E-state index contributed by atoms with van der Waals surface area (Å²) in [7, 11) is 0. The van der Waals surface area contributed by atoms with Crippen molar-refractivity contribution in [1.82, 2.24) is 0 Å². The molecule has 0 aliphatic carbocycles. The summed E-state index contributed by atoms with van der Waals surface area (Å²) in [6, 6.07) is 0. The lowest BCUT2D eigenvalue weighted by molar-refractivity contribution is -0.156. The minimum Gasteiger partial charge on any atom is -0.481 e. The number of carboxylic acid groups (broad SMARTS) is 2. The third-order valence-corrected chi connectivity index (χ3v) is 1.82. The van der Waals surface area contributed by atoms with E-state index in [0.717, 1.165) is 0 Å². The van der Waals surface area contributed by atoms with Crippen LogP contribution in [0.15, 0.2) is 0 Å². The second-order valence-corrected chi connectivity index (χ2v) is 2.76. The van der Waals surface area contributed by atoms with Gasteiger partial charge < -0.3 is 14.9 Å². The molecule has 1 saturated heterocycles. The first-order valence-corrected chi connectivity index (χ1v) is 3.63. The van der Waals surface area contributed by atoms with Gasteiger partial charge in [-0.2, -0.15) is 0 Å². The molecule has 2 N–H and O–H groups in total. The molecule has 7 nitrogen and oxygen atoms in total. The first kappa shape index (κ1) is 10.2. The van der Waals surface area contributed by atoms with E-state index in [4.69, 9.17) is 10.2 Å². The van der Waals surface area contributed by atoms with Crippen LogP contribution in [0.1, 0.15) is 6.42 Å². The number of carboxylic acids is 2. The van der Waals surface area contributed by atoms with Crippen LogP contribution in [0.5, 0.6) is 0 Å². The minimum absolute atomic E-state index is 0.721. The molecule has 0 saturated carbocycles. The molecule has 1 aliphatic heterocycles. The SMILES string of the molecule is O=C(O)CC1C(=O)OC(=O)C1C(=O)O. The third kappa shape index (κ3) is 1.70. The highest BCUT2D eigenvalue weighted by Gasteiger charge is 2.49. The molecule has 2 atom stereocenters. The van der Waals surface area contributed by atoms with Gasteiger partial charge in [0.15, 0.2) is 5.92 Å². The van der Waals surface area contributed by atoms with E-state index in [1.165, 1.54) is 0 Å². The van der Waals surface area contributed by atoms with Crippen molar-refractivity contribution < 1.29 is 34.1 Å². The average molecular weight is 202 g/mol. The molecule has 76 valence electrons. The highest BCUT2D eigenvalue weighted by Crippen LogP contribution is 2.26. The Hall–Kier alpha value is -1.92. The van der Waals surface area contributed by atoms with Crippen molar-refractivity contribution in [2.24, 2.45) is 11.8 Å². The molecule has 0 aromatic heterocycles. The predicted octanol–water partition coefficient (Wildman–Crippen LogP) is -1.14. The number of hydrogen-bond donors (Lipinski definition) is 2. The van der Waals surface area contributed by atoms with Gasteiger partial charge in [0.25, 0.3) is 0 Å². The highest BCUT2D eigenvalue weighted by molar-refractivity contribution is 6.08. The van der Waals surface area contributed by atoms with Crippen molar-refractivity contribution in [1.29, 1.82) is 0 Å². The molecule has 7 heteroatoms. The zero-order chi connectivity index (χ0) is 10.9. The summed E-state index contributed by atoms with van der Waals surface area (Å²) in [5.74, 6) is -8.31. The van der Waals surface area contributed by atoms with E-state index >= 15 is 0 Å². The average Bonchev–Trinajstić information content (AvgIpc) is 2.25. The summed E-state index contributed by atoms with van der Waals surface area (Å²) in [6.45, 7) is 0. The van der Waals surface area contributed by atoms with Crippen LogP contribution in [0.3, 0.4) is 0 Å². The Morgan fingerprint density at radius 1 is 1.21 bits per heavy atom. The van der Waals surface area contributed by atoms with Crippen LogP contribution in [-0.4, -0.2) is 34.1 Å². The fraction of sp³-hybridized carbons (Fsp3) is 0.429. The summed E-state index contributed by atoms with van der Waals surface area (Å²) in [6.07, 6.45) is -0.721. The highest BCUT2D eigenvalue weighted by atomic mass is 16.6. The Kier molecular flexibility index (Phi) is 2.50. The van der Waals surface area contributed by atoms with E-state index in [-0.39, 0.29) is 0 Å². The van der Waals surface area contributed by atoms with Crippen LogP contribution >= 0.6 is 0 Å². The number of carbonyl (C=O) groups is 4. The van der Waals surface area contributed by atoms with E-state index in [1.54, 1.807) is 0 Å². The van der Waals surface area contributed by atoms with Crippen LogP contribution in [0.25, 0.3) is 0 Å². The van der Waals surface area contributed by atoms with Gasteiger partial charge in [0.1, 0.15) is 0 Å². The molecule has 1 rings (SSSR count). The lowest BCUT2D eigenvalue weighted by Crippen LogP contribution is -2.28. The van der Waals surface area contributed by atoms with Crippen LogP contribution in [-0.2, 0) is 23.9 Å². The quantitative estimate of drug-likeness (QED) is 0.438.